The summed E-state index contributed by atoms with van der Waals surface area (Å²) in [5.41, 5.74) is 2.94. The maximum absolute atomic E-state index is 13.0. The van der Waals surface area contributed by atoms with E-state index >= 15 is 0 Å². The van der Waals surface area contributed by atoms with Crippen LogP contribution in [0.2, 0.25) is 0 Å². The van der Waals surface area contributed by atoms with E-state index in [2.05, 4.69) is 0 Å². The highest BCUT2D eigenvalue weighted by atomic mass is 32.2. The highest BCUT2D eigenvalue weighted by Crippen LogP contribution is 2.42. The molecule has 0 aliphatic carbocycles. The normalized spacial score (nSPS) is 18.6. The molecule has 1 saturated heterocycles. The zero-order valence-electron chi connectivity index (χ0n) is 11.0. The summed E-state index contributed by atoms with van der Waals surface area (Å²) in [4.78, 5) is 14.0. The first-order valence-corrected chi connectivity index (χ1v) is 7.46. The molecule has 2 aromatic rings. The fraction of sp³-hybridized carbons (Fsp3) is 0.188. The molecule has 2 aromatic carbocycles. The zero-order valence-corrected chi connectivity index (χ0v) is 11.9. The molecule has 1 atom stereocenters. The zero-order chi connectivity index (χ0) is 14.1. The van der Waals surface area contributed by atoms with Gasteiger partial charge in [-0.3, -0.25) is 9.69 Å². The van der Waals surface area contributed by atoms with E-state index in [1.165, 1.54) is 12.1 Å². The number of carbonyl (C=O) groups is 1. The van der Waals surface area contributed by atoms with Crippen molar-refractivity contribution in [3.63, 3.8) is 0 Å². The summed E-state index contributed by atoms with van der Waals surface area (Å²) >= 11 is 1.58. The molecule has 0 bridgehead atoms. The number of rotatable bonds is 2. The molecule has 1 amide bonds. The number of hydrogen-bond donors (Lipinski definition) is 0. The van der Waals surface area contributed by atoms with Crippen LogP contribution in [-0.4, -0.2) is 11.7 Å². The van der Waals surface area contributed by atoms with Gasteiger partial charge in [0.2, 0.25) is 5.91 Å². The van der Waals surface area contributed by atoms with E-state index in [4.69, 9.17) is 0 Å². The molecule has 0 radical (unpaired) electrons. The third kappa shape index (κ3) is 2.31. The SMILES string of the molecule is Cc1ccccc1N1C(=O)CSC1c1ccc(F)cc1. The second-order valence-electron chi connectivity index (χ2n) is 4.77. The first kappa shape index (κ1) is 13.2. The fourth-order valence-corrected chi connectivity index (χ4v) is 3.56. The van der Waals surface area contributed by atoms with Crippen LogP contribution in [-0.2, 0) is 4.79 Å². The summed E-state index contributed by atoms with van der Waals surface area (Å²) in [6.07, 6.45) is 0. The molecule has 0 saturated carbocycles. The van der Waals surface area contributed by atoms with Gasteiger partial charge in [0.1, 0.15) is 11.2 Å². The topological polar surface area (TPSA) is 20.3 Å². The molecular formula is C16H14FNOS. The van der Waals surface area contributed by atoms with Crippen LogP contribution in [0.5, 0.6) is 0 Å². The molecule has 2 nitrogen and oxygen atoms in total. The predicted molar refractivity (Wildman–Crippen MR) is 80.3 cm³/mol. The highest BCUT2D eigenvalue weighted by Gasteiger charge is 2.34. The average molecular weight is 287 g/mol. The lowest BCUT2D eigenvalue weighted by Crippen LogP contribution is -2.28. The van der Waals surface area contributed by atoms with Crippen molar-refractivity contribution in [2.75, 3.05) is 10.7 Å². The molecule has 0 aromatic heterocycles. The Kier molecular flexibility index (Phi) is 3.49. The first-order valence-electron chi connectivity index (χ1n) is 6.41. The standard InChI is InChI=1S/C16H14FNOS/c1-11-4-2-3-5-14(11)18-15(19)10-20-16(18)12-6-8-13(17)9-7-12/h2-9,16H,10H2,1H3. The molecule has 1 aliphatic heterocycles. The van der Waals surface area contributed by atoms with E-state index in [1.54, 1.807) is 23.9 Å². The van der Waals surface area contributed by atoms with Gasteiger partial charge in [0.05, 0.1) is 5.75 Å². The summed E-state index contributed by atoms with van der Waals surface area (Å²) in [6, 6.07) is 14.2. The van der Waals surface area contributed by atoms with Gasteiger partial charge in [-0.25, -0.2) is 4.39 Å². The van der Waals surface area contributed by atoms with Crippen LogP contribution >= 0.6 is 11.8 Å². The Hall–Kier alpha value is -1.81. The Morgan fingerprint density at radius 2 is 1.85 bits per heavy atom. The fourth-order valence-electron chi connectivity index (χ4n) is 2.39. The molecule has 102 valence electrons. The number of anilines is 1. The van der Waals surface area contributed by atoms with E-state index < -0.39 is 0 Å². The largest absolute Gasteiger partial charge is 0.295 e. The lowest BCUT2D eigenvalue weighted by Gasteiger charge is -2.25. The van der Waals surface area contributed by atoms with Crippen molar-refractivity contribution in [2.45, 2.75) is 12.3 Å². The number of hydrogen-bond acceptors (Lipinski definition) is 2. The van der Waals surface area contributed by atoms with Gasteiger partial charge < -0.3 is 0 Å². The Morgan fingerprint density at radius 1 is 1.15 bits per heavy atom. The van der Waals surface area contributed by atoms with Crippen LogP contribution in [0.4, 0.5) is 10.1 Å². The van der Waals surface area contributed by atoms with Crippen molar-refractivity contribution >= 4 is 23.4 Å². The van der Waals surface area contributed by atoms with Crippen LogP contribution in [0.15, 0.2) is 48.5 Å². The number of thioether (sulfide) groups is 1. The van der Waals surface area contributed by atoms with Crippen LogP contribution < -0.4 is 4.90 Å². The van der Waals surface area contributed by atoms with E-state index in [1.807, 2.05) is 36.1 Å². The molecule has 4 heteroatoms. The highest BCUT2D eigenvalue weighted by molar-refractivity contribution is 8.00. The van der Waals surface area contributed by atoms with Crippen molar-refractivity contribution in [1.82, 2.24) is 0 Å². The number of benzene rings is 2. The van der Waals surface area contributed by atoms with Crippen LogP contribution in [0, 0.1) is 12.7 Å². The van der Waals surface area contributed by atoms with Gasteiger partial charge in [-0.05, 0) is 36.2 Å². The summed E-state index contributed by atoms with van der Waals surface area (Å²) in [5, 5.41) is -0.0794. The first-order chi connectivity index (χ1) is 9.66. The Morgan fingerprint density at radius 3 is 2.55 bits per heavy atom. The molecule has 20 heavy (non-hydrogen) atoms. The van der Waals surface area contributed by atoms with Crippen molar-refractivity contribution in [3.8, 4) is 0 Å². The number of halogens is 1. The maximum Gasteiger partial charge on any atom is 0.238 e. The van der Waals surface area contributed by atoms with Crippen LogP contribution in [0.1, 0.15) is 16.5 Å². The van der Waals surface area contributed by atoms with Gasteiger partial charge in [-0.2, -0.15) is 0 Å². The van der Waals surface area contributed by atoms with Crippen LogP contribution in [0.25, 0.3) is 0 Å². The van der Waals surface area contributed by atoms with Crippen molar-refractivity contribution < 1.29 is 9.18 Å². The molecule has 1 unspecified atom stereocenters. The molecule has 1 heterocycles. The predicted octanol–water partition coefficient (Wildman–Crippen LogP) is 3.91. The van der Waals surface area contributed by atoms with Crippen LogP contribution in [0.3, 0.4) is 0 Å². The minimum atomic E-state index is -0.259. The number of para-hydroxylation sites is 1. The molecule has 0 N–H and O–H groups in total. The number of carbonyl (C=O) groups excluding carboxylic acids is 1. The molecule has 1 fully saturated rings. The smallest absolute Gasteiger partial charge is 0.238 e. The van der Waals surface area contributed by atoms with Gasteiger partial charge in [0.25, 0.3) is 0 Å². The molecular weight excluding hydrogens is 273 g/mol. The second kappa shape index (κ2) is 5.29. The summed E-state index contributed by atoms with van der Waals surface area (Å²) in [5.74, 6) is 0.292. The van der Waals surface area contributed by atoms with Gasteiger partial charge >= 0.3 is 0 Å². The number of amides is 1. The quantitative estimate of drug-likeness (QED) is 0.834. The van der Waals surface area contributed by atoms with Gasteiger partial charge in [0.15, 0.2) is 0 Å². The average Bonchev–Trinajstić information content (AvgIpc) is 2.82. The van der Waals surface area contributed by atoms with E-state index in [0.717, 1.165) is 16.8 Å². The molecule has 0 spiro atoms. The second-order valence-corrected chi connectivity index (χ2v) is 5.83. The lowest BCUT2D eigenvalue weighted by molar-refractivity contribution is -0.115. The third-order valence-electron chi connectivity index (χ3n) is 3.40. The Labute approximate surface area is 121 Å². The monoisotopic (exact) mass is 287 g/mol. The number of aryl methyl sites for hydroxylation is 1. The van der Waals surface area contributed by atoms with Gasteiger partial charge in [-0.15, -0.1) is 11.8 Å². The summed E-state index contributed by atoms with van der Waals surface area (Å²) in [7, 11) is 0. The van der Waals surface area contributed by atoms with Gasteiger partial charge in [-0.1, -0.05) is 30.3 Å². The van der Waals surface area contributed by atoms with Gasteiger partial charge in [0, 0.05) is 5.69 Å². The molecule has 3 rings (SSSR count). The molecule has 1 aliphatic rings. The number of nitrogens with zero attached hydrogens (tertiary/aromatic N) is 1. The van der Waals surface area contributed by atoms with Crippen molar-refractivity contribution in [2.24, 2.45) is 0 Å². The summed E-state index contributed by atoms with van der Waals surface area (Å²) in [6.45, 7) is 1.99. The minimum absolute atomic E-state index is 0.0794. The third-order valence-corrected chi connectivity index (χ3v) is 4.61. The van der Waals surface area contributed by atoms with E-state index in [0.29, 0.717) is 5.75 Å². The van der Waals surface area contributed by atoms with E-state index in [-0.39, 0.29) is 17.1 Å². The minimum Gasteiger partial charge on any atom is -0.295 e. The Bertz CT molecular complexity index is 641. The Balaban J connectivity index is 2.01. The summed E-state index contributed by atoms with van der Waals surface area (Å²) < 4.78 is 13.0. The maximum atomic E-state index is 13.0. The van der Waals surface area contributed by atoms with Crippen molar-refractivity contribution in [1.29, 1.82) is 0 Å². The lowest BCUT2D eigenvalue weighted by atomic mass is 10.1. The van der Waals surface area contributed by atoms with Crippen molar-refractivity contribution in [3.05, 3.63) is 65.5 Å². The van der Waals surface area contributed by atoms with E-state index in [9.17, 15) is 9.18 Å².